The van der Waals surface area contributed by atoms with Crippen molar-refractivity contribution < 1.29 is 19.1 Å². The molecule has 0 bridgehead atoms. The fraction of sp³-hybridized carbons (Fsp3) is 0.607. The standard InChI is InChI=1S/C28H34O4/c1-25(2)14-13-22(29)27(4)20(25)12-15-26(3)21(27)11-10-19(28(26)16-23(30)32-17-28)24(31)18-8-6-5-7-9-18/h5-9,13-14,19-21H,10-12,15-17H2,1-4H3/t19?,20-,21-,26+,27-,28-/m0/s1. The number of carbonyl (C=O) groups is 3. The quantitative estimate of drug-likeness (QED) is 0.461. The summed E-state index contributed by atoms with van der Waals surface area (Å²) < 4.78 is 5.62. The molecule has 1 unspecified atom stereocenters. The number of carbonyl (C=O) groups excluding carboxylic acids is 3. The van der Waals surface area contributed by atoms with Gasteiger partial charge in [0.15, 0.2) is 11.6 Å². The number of rotatable bonds is 2. The van der Waals surface area contributed by atoms with Gasteiger partial charge < -0.3 is 4.74 Å². The molecule has 2 saturated carbocycles. The van der Waals surface area contributed by atoms with Crippen LogP contribution >= 0.6 is 0 Å². The van der Waals surface area contributed by atoms with Gasteiger partial charge in [-0.2, -0.15) is 0 Å². The third-order valence-corrected chi connectivity index (χ3v) is 10.1. The summed E-state index contributed by atoms with van der Waals surface area (Å²) in [4.78, 5) is 39.8. The summed E-state index contributed by atoms with van der Waals surface area (Å²) >= 11 is 0. The topological polar surface area (TPSA) is 60.4 Å². The van der Waals surface area contributed by atoms with Gasteiger partial charge in [-0.25, -0.2) is 0 Å². The Bertz CT molecular complexity index is 1010. The minimum Gasteiger partial charge on any atom is -0.465 e. The van der Waals surface area contributed by atoms with Crippen molar-refractivity contribution in [3.63, 3.8) is 0 Å². The zero-order chi connectivity index (χ0) is 22.9. The highest BCUT2D eigenvalue weighted by Gasteiger charge is 2.71. The van der Waals surface area contributed by atoms with E-state index in [4.69, 9.17) is 4.74 Å². The van der Waals surface area contributed by atoms with Crippen LogP contribution in [0.15, 0.2) is 42.5 Å². The maximum atomic E-state index is 13.8. The summed E-state index contributed by atoms with van der Waals surface area (Å²) in [5.74, 6) is 0.249. The van der Waals surface area contributed by atoms with Gasteiger partial charge in [-0.05, 0) is 54.4 Å². The Morgan fingerprint density at radius 2 is 1.69 bits per heavy atom. The van der Waals surface area contributed by atoms with E-state index in [0.717, 1.165) is 19.3 Å². The maximum Gasteiger partial charge on any atom is 0.306 e. The van der Waals surface area contributed by atoms with Crippen LogP contribution in [0.5, 0.6) is 0 Å². The van der Waals surface area contributed by atoms with E-state index < -0.39 is 10.8 Å². The lowest BCUT2D eigenvalue weighted by Crippen LogP contribution is -2.66. The van der Waals surface area contributed by atoms with E-state index in [1.54, 1.807) is 6.08 Å². The lowest BCUT2D eigenvalue weighted by atomic mass is 9.35. The number of esters is 1. The molecule has 32 heavy (non-hydrogen) atoms. The summed E-state index contributed by atoms with van der Waals surface area (Å²) in [5.41, 5.74) is -0.690. The molecule has 5 rings (SSSR count). The molecule has 1 saturated heterocycles. The zero-order valence-electron chi connectivity index (χ0n) is 19.6. The molecule has 4 aliphatic rings. The second kappa shape index (κ2) is 6.88. The first-order valence-electron chi connectivity index (χ1n) is 12.0. The number of allylic oxidation sites excluding steroid dienone is 2. The Hall–Kier alpha value is -2.23. The molecule has 4 nitrogen and oxygen atoms in total. The molecule has 6 atom stereocenters. The van der Waals surface area contributed by atoms with E-state index in [2.05, 4.69) is 33.8 Å². The first-order valence-corrected chi connectivity index (χ1v) is 12.0. The number of ketones is 2. The lowest BCUT2D eigenvalue weighted by Gasteiger charge is -2.67. The SMILES string of the molecule is CC1(C)C=CC(=O)[C@]2(C)[C@H]3CCC(C(=O)c4ccccc4)[C@]4(COC(=O)C4)[C@]3(C)CC[C@@H]12. The van der Waals surface area contributed by atoms with Crippen molar-refractivity contribution >= 4 is 17.5 Å². The number of hydrogen-bond donors (Lipinski definition) is 0. The predicted octanol–water partition coefficient (Wildman–Crippen LogP) is 5.42. The predicted molar refractivity (Wildman–Crippen MR) is 122 cm³/mol. The molecule has 3 fully saturated rings. The number of ether oxygens (including phenoxy) is 1. The van der Waals surface area contributed by atoms with Crippen molar-refractivity contribution in [2.75, 3.05) is 6.61 Å². The van der Waals surface area contributed by atoms with Gasteiger partial charge in [0.2, 0.25) is 0 Å². The second-order valence-corrected chi connectivity index (χ2v) is 11.7. The van der Waals surface area contributed by atoms with Crippen LogP contribution in [0.1, 0.15) is 70.2 Å². The molecule has 1 spiro atoms. The molecule has 1 aliphatic heterocycles. The molecule has 1 heterocycles. The van der Waals surface area contributed by atoms with Gasteiger partial charge in [0.1, 0.15) is 0 Å². The normalized spacial score (nSPS) is 42.3. The summed E-state index contributed by atoms with van der Waals surface area (Å²) in [7, 11) is 0. The molecule has 0 amide bonds. The molecule has 0 radical (unpaired) electrons. The second-order valence-electron chi connectivity index (χ2n) is 11.7. The number of cyclic esters (lactones) is 1. The molecule has 0 N–H and O–H groups in total. The third kappa shape index (κ3) is 2.64. The van der Waals surface area contributed by atoms with E-state index in [-0.39, 0.29) is 59.1 Å². The lowest BCUT2D eigenvalue weighted by molar-refractivity contribution is -0.190. The van der Waals surface area contributed by atoms with Gasteiger partial charge >= 0.3 is 5.97 Å². The van der Waals surface area contributed by atoms with E-state index >= 15 is 0 Å². The van der Waals surface area contributed by atoms with Gasteiger partial charge in [-0.3, -0.25) is 14.4 Å². The average Bonchev–Trinajstić information content (AvgIpc) is 3.15. The van der Waals surface area contributed by atoms with Crippen LogP contribution in [-0.4, -0.2) is 24.1 Å². The largest absolute Gasteiger partial charge is 0.465 e. The molecule has 170 valence electrons. The molecular weight excluding hydrogens is 400 g/mol. The molecule has 1 aromatic rings. The van der Waals surface area contributed by atoms with Crippen molar-refractivity contribution in [3.05, 3.63) is 48.0 Å². The van der Waals surface area contributed by atoms with Gasteiger partial charge in [-0.15, -0.1) is 0 Å². The van der Waals surface area contributed by atoms with Crippen LogP contribution in [0.2, 0.25) is 0 Å². The number of Topliss-reactive ketones (excluding diaryl/α,β-unsaturated/α-hetero) is 1. The fourth-order valence-corrected chi connectivity index (χ4v) is 8.46. The van der Waals surface area contributed by atoms with Crippen LogP contribution in [0.3, 0.4) is 0 Å². The van der Waals surface area contributed by atoms with Gasteiger partial charge in [0, 0.05) is 22.3 Å². The van der Waals surface area contributed by atoms with Crippen LogP contribution in [0.25, 0.3) is 0 Å². The van der Waals surface area contributed by atoms with Crippen LogP contribution in [0.4, 0.5) is 0 Å². The zero-order valence-corrected chi connectivity index (χ0v) is 19.6. The monoisotopic (exact) mass is 434 g/mol. The Balaban J connectivity index is 1.62. The summed E-state index contributed by atoms with van der Waals surface area (Å²) in [6.45, 7) is 9.19. The highest BCUT2D eigenvalue weighted by atomic mass is 16.5. The Labute approximate surface area is 190 Å². The van der Waals surface area contributed by atoms with Gasteiger partial charge in [0.25, 0.3) is 0 Å². The van der Waals surface area contributed by atoms with Gasteiger partial charge in [0.05, 0.1) is 13.0 Å². The van der Waals surface area contributed by atoms with Crippen LogP contribution < -0.4 is 0 Å². The highest BCUT2D eigenvalue weighted by Crippen LogP contribution is 2.72. The molecule has 1 aromatic carbocycles. The van der Waals surface area contributed by atoms with Crippen LogP contribution in [0, 0.1) is 39.4 Å². The van der Waals surface area contributed by atoms with Crippen molar-refractivity contribution in [3.8, 4) is 0 Å². The highest BCUT2D eigenvalue weighted by molar-refractivity contribution is 5.99. The molecular formula is C28H34O4. The fourth-order valence-electron chi connectivity index (χ4n) is 8.46. The molecule has 4 heteroatoms. The van der Waals surface area contributed by atoms with E-state index in [1.807, 2.05) is 30.3 Å². The number of hydrogen-bond acceptors (Lipinski definition) is 4. The third-order valence-electron chi connectivity index (χ3n) is 10.1. The Morgan fingerprint density at radius 3 is 2.34 bits per heavy atom. The summed E-state index contributed by atoms with van der Waals surface area (Å²) in [6.07, 6.45) is 7.53. The number of benzene rings is 1. The van der Waals surface area contributed by atoms with E-state index in [9.17, 15) is 14.4 Å². The molecule has 0 aromatic heterocycles. The summed E-state index contributed by atoms with van der Waals surface area (Å²) in [5, 5.41) is 0. The van der Waals surface area contributed by atoms with Crippen molar-refractivity contribution in [2.24, 2.45) is 39.4 Å². The minimum atomic E-state index is -0.556. The Kier molecular flexibility index (Phi) is 4.65. The van der Waals surface area contributed by atoms with E-state index in [1.165, 1.54) is 0 Å². The summed E-state index contributed by atoms with van der Waals surface area (Å²) in [6, 6.07) is 9.45. The van der Waals surface area contributed by atoms with Gasteiger partial charge in [-0.1, -0.05) is 64.1 Å². The molecule has 3 aliphatic carbocycles. The van der Waals surface area contributed by atoms with Crippen molar-refractivity contribution in [1.29, 1.82) is 0 Å². The van der Waals surface area contributed by atoms with E-state index in [0.29, 0.717) is 12.0 Å². The number of fused-ring (bicyclic) bond motifs is 4. The smallest absolute Gasteiger partial charge is 0.306 e. The van der Waals surface area contributed by atoms with Crippen molar-refractivity contribution in [1.82, 2.24) is 0 Å². The first kappa shape index (κ1) is 21.6. The Morgan fingerprint density at radius 1 is 0.969 bits per heavy atom. The minimum absolute atomic E-state index is 0.0458. The van der Waals surface area contributed by atoms with Crippen molar-refractivity contribution in [2.45, 2.75) is 59.8 Å². The van der Waals surface area contributed by atoms with Crippen LogP contribution in [-0.2, 0) is 14.3 Å². The maximum absolute atomic E-state index is 13.8. The first-order chi connectivity index (χ1) is 15.1. The average molecular weight is 435 g/mol.